The monoisotopic (exact) mass is 238 g/mol. The largest absolute Gasteiger partial charge is 0.375 e. The number of rotatable bonds is 2. The van der Waals surface area contributed by atoms with Crippen LogP contribution in [0.3, 0.4) is 0 Å². The zero-order valence-corrected chi connectivity index (χ0v) is 10.5. The molecule has 0 unspecified atom stereocenters. The first-order chi connectivity index (χ1) is 7.93. The van der Waals surface area contributed by atoms with Gasteiger partial charge in [0, 0.05) is 38.9 Å². The molecule has 1 aliphatic rings. The second-order valence-corrected chi connectivity index (χ2v) is 4.95. The van der Waals surface area contributed by atoms with Gasteiger partial charge in [0.2, 0.25) is 0 Å². The van der Waals surface area contributed by atoms with Crippen LogP contribution in [0.5, 0.6) is 0 Å². The van der Waals surface area contributed by atoms with Gasteiger partial charge in [-0.2, -0.15) is 0 Å². The van der Waals surface area contributed by atoms with Crippen molar-refractivity contribution in [1.82, 2.24) is 9.13 Å². The molecule has 0 bridgehead atoms. The standard InChI is InChI=1S/C12H18N2O3/c1-12(5-4-6-17-12)8-9-7-10(15)14(3)11(16)13(9)2/h7H,4-6,8H2,1-3H3/t12-/m0/s1. The molecule has 0 saturated carbocycles. The molecule has 1 aromatic heterocycles. The first kappa shape index (κ1) is 12.1. The first-order valence-electron chi connectivity index (χ1n) is 5.83. The van der Waals surface area contributed by atoms with Gasteiger partial charge >= 0.3 is 5.69 Å². The normalized spacial score (nSPS) is 24.2. The Morgan fingerprint density at radius 1 is 1.35 bits per heavy atom. The van der Waals surface area contributed by atoms with E-state index in [9.17, 15) is 9.59 Å². The van der Waals surface area contributed by atoms with Crippen molar-refractivity contribution in [3.05, 3.63) is 32.6 Å². The molecule has 1 atom stereocenters. The first-order valence-corrected chi connectivity index (χ1v) is 5.83. The summed E-state index contributed by atoms with van der Waals surface area (Å²) in [7, 11) is 3.18. The Hall–Kier alpha value is -1.36. The van der Waals surface area contributed by atoms with Gasteiger partial charge in [0.25, 0.3) is 5.56 Å². The van der Waals surface area contributed by atoms with Gasteiger partial charge in [0.1, 0.15) is 0 Å². The van der Waals surface area contributed by atoms with Gasteiger partial charge in [-0.3, -0.25) is 9.36 Å². The summed E-state index contributed by atoms with van der Waals surface area (Å²) in [4.78, 5) is 23.4. The minimum Gasteiger partial charge on any atom is -0.375 e. The quantitative estimate of drug-likeness (QED) is 0.739. The molecule has 94 valence electrons. The lowest BCUT2D eigenvalue weighted by molar-refractivity contribution is 0.0192. The fraction of sp³-hybridized carbons (Fsp3) is 0.667. The Balaban J connectivity index is 2.40. The van der Waals surface area contributed by atoms with Crippen molar-refractivity contribution in [2.45, 2.75) is 31.8 Å². The molecular formula is C12H18N2O3. The molecule has 1 aromatic rings. The fourth-order valence-corrected chi connectivity index (χ4v) is 2.31. The van der Waals surface area contributed by atoms with Crippen molar-refractivity contribution < 1.29 is 4.74 Å². The van der Waals surface area contributed by atoms with Crippen LogP contribution in [0.4, 0.5) is 0 Å². The summed E-state index contributed by atoms with van der Waals surface area (Å²) in [6.45, 7) is 2.79. The van der Waals surface area contributed by atoms with Crippen molar-refractivity contribution in [2.75, 3.05) is 6.61 Å². The van der Waals surface area contributed by atoms with Crippen LogP contribution < -0.4 is 11.2 Å². The molecule has 0 radical (unpaired) electrons. The van der Waals surface area contributed by atoms with E-state index in [1.807, 2.05) is 6.92 Å². The highest BCUT2D eigenvalue weighted by atomic mass is 16.5. The Morgan fingerprint density at radius 2 is 2.06 bits per heavy atom. The van der Waals surface area contributed by atoms with E-state index in [2.05, 4.69) is 0 Å². The van der Waals surface area contributed by atoms with E-state index in [0.717, 1.165) is 29.7 Å². The van der Waals surface area contributed by atoms with E-state index in [4.69, 9.17) is 4.74 Å². The Bertz CT molecular complexity index is 536. The third-order valence-electron chi connectivity index (χ3n) is 3.48. The van der Waals surface area contributed by atoms with Crippen LogP contribution in [-0.4, -0.2) is 21.3 Å². The predicted octanol–water partition coefficient (Wildman–Crippen LogP) is 0.196. The van der Waals surface area contributed by atoms with Crippen molar-refractivity contribution in [3.63, 3.8) is 0 Å². The van der Waals surface area contributed by atoms with Crippen molar-refractivity contribution in [2.24, 2.45) is 14.1 Å². The second kappa shape index (κ2) is 4.14. The minimum atomic E-state index is -0.283. The molecule has 17 heavy (non-hydrogen) atoms. The maximum atomic E-state index is 11.8. The van der Waals surface area contributed by atoms with Crippen LogP contribution in [0.2, 0.25) is 0 Å². The number of nitrogens with zero attached hydrogens (tertiary/aromatic N) is 2. The van der Waals surface area contributed by atoms with E-state index in [0.29, 0.717) is 6.42 Å². The van der Waals surface area contributed by atoms with Gasteiger partial charge in [-0.15, -0.1) is 0 Å². The third kappa shape index (κ3) is 2.20. The molecule has 0 aromatic carbocycles. The maximum Gasteiger partial charge on any atom is 0.330 e. The molecule has 2 rings (SSSR count). The molecular weight excluding hydrogens is 220 g/mol. The van der Waals surface area contributed by atoms with E-state index in [1.165, 1.54) is 17.7 Å². The number of hydrogen-bond acceptors (Lipinski definition) is 3. The molecule has 0 N–H and O–H groups in total. The maximum absolute atomic E-state index is 11.8. The second-order valence-electron chi connectivity index (χ2n) is 4.95. The van der Waals surface area contributed by atoms with Gasteiger partial charge in [0.15, 0.2) is 0 Å². The van der Waals surface area contributed by atoms with Crippen LogP contribution in [0.25, 0.3) is 0 Å². The van der Waals surface area contributed by atoms with E-state index in [1.54, 1.807) is 7.05 Å². The molecule has 1 aliphatic heterocycles. The Morgan fingerprint density at radius 3 is 2.65 bits per heavy atom. The third-order valence-corrected chi connectivity index (χ3v) is 3.48. The highest BCUT2D eigenvalue weighted by molar-refractivity contribution is 5.06. The molecule has 2 heterocycles. The van der Waals surface area contributed by atoms with Crippen LogP contribution in [-0.2, 0) is 25.3 Å². The van der Waals surface area contributed by atoms with Gasteiger partial charge < -0.3 is 9.30 Å². The molecule has 1 fully saturated rings. The van der Waals surface area contributed by atoms with E-state index >= 15 is 0 Å². The minimum absolute atomic E-state index is 0.240. The fourth-order valence-electron chi connectivity index (χ4n) is 2.31. The average Bonchev–Trinajstić information content (AvgIpc) is 2.70. The molecule has 5 heteroatoms. The summed E-state index contributed by atoms with van der Waals surface area (Å²) >= 11 is 0. The van der Waals surface area contributed by atoms with Crippen molar-refractivity contribution in [3.8, 4) is 0 Å². The molecule has 0 amide bonds. The Kier molecular flexibility index (Phi) is 2.95. The van der Waals surface area contributed by atoms with Crippen LogP contribution in [0.15, 0.2) is 15.7 Å². The summed E-state index contributed by atoms with van der Waals surface area (Å²) in [6, 6.07) is 1.52. The predicted molar refractivity (Wildman–Crippen MR) is 64.2 cm³/mol. The lowest BCUT2D eigenvalue weighted by atomic mass is 9.96. The van der Waals surface area contributed by atoms with Gasteiger partial charge in [-0.25, -0.2) is 4.79 Å². The van der Waals surface area contributed by atoms with E-state index < -0.39 is 0 Å². The topological polar surface area (TPSA) is 53.2 Å². The zero-order chi connectivity index (χ0) is 12.6. The zero-order valence-electron chi connectivity index (χ0n) is 10.5. The summed E-state index contributed by atoms with van der Waals surface area (Å²) in [5.74, 6) is 0. The van der Waals surface area contributed by atoms with Crippen LogP contribution in [0, 0.1) is 0 Å². The summed E-state index contributed by atoms with van der Waals surface area (Å²) in [6.07, 6.45) is 2.61. The van der Waals surface area contributed by atoms with Crippen molar-refractivity contribution in [1.29, 1.82) is 0 Å². The Labute approximate surface area is 99.6 Å². The van der Waals surface area contributed by atoms with Gasteiger partial charge in [-0.05, 0) is 19.8 Å². The van der Waals surface area contributed by atoms with Crippen molar-refractivity contribution >= 4 is 0 Å². The summed E-state index contributed by atoms with van der Waals surface area (Å²) in [5, 5.41) is 0. The lowest BCUT2D eigenvalue weighted by Crippen LogP contribution is -2.40. The molecule has 5 nitrogen and oxygen atoms in total. The highest BCUT2D eigenvalue weighted by Gasteiger charge is 2.31. The molecule has 1 saturated heterocycles. The lowest BCUT2D eigenvalue weighted by Gasteiger charge is -2.24. The van der Waals surface area contributed by atoms with E-state index in [-0.39, 0.29) is 16.9 Å². The number of ether oxygens (including phenoxy) is 1. The molecule has 0 spiro atoms. The average molecular weight is 238 g/mol. The highest BCUT2D eigenvalue weighted by Crippen LogP contribution is 2.28. The number of hydrogen-bond donors (Lipinski definition) is 0. The number of aromatic nitrogens is 2. The summed E-state index contributed by atoms with van der Waals surface area (Å²) in [5.41, 5.74) is -0.0439. The van der Waals surface area contributed by atoms with Gasteiger partial charge in [-0.1, -0.05) is 0 Å². The van der Waals surface area contributed by atoms with Crippen LogP contribution >= 0.6 is 0 Å². The molecule has 0 aliphatic carbocycles. The van der Waals surface area contributed by atoms with Gasteiger partial charge in [0.05, 0.1) is 5.60 Å². The van der Waals surface area contributed by atoms with Crippen LogP contribution in [0.1, 0.15) is 25.5 Å². The SMILES string of the molecule is Cn1c(C[C@]2(C)CCCO2)cc(=O)n(C)c1=O. The summed E-state index contributed by atoms with van der Waals surface area (Å²) < 4.78 is 8.32. The smallest absolute Gasteiger partial charge is 0.330 e.